The van der Waals surface area contributed by atoms with Gasteiger partial charge in [-0.05, 0) is 24.6 Å². The molecule has 124 valence electrons. The summed E-state index contributed by atoms with van der Waals surface area (Å²) in [6.45, 7) is 0.454. The highest BCUT2D eigenvalue weighted by Gasteiger charge is 2.49. The first-order valence-electron chi connectivity index (χ1n) is 5.97. The third-order valence-electron chi connectivity index (χ3n) is 3.11. The van der Waals surface area contributed by atoms with Crippen molar-refractivity contribution >= 4 is 15.9 Å². The zero-order valence-corrected chi connectivity index (χ0v) is 12.5. The van der Waals surface area contributed by atoms with Crippen molar-refractivity contribution in [2.24, 2.45) is 5.73 Å². The Morgan fingerprint density at radius 1 is 1.32 bits per heavy atom. The Morgan fingerprint density at radius 3 is 2.27 bits per heavy atom. The maximum atomic E-state index is 13.2. The van der Waals surface area contributed by atoms with Gasteiger partial charge < -0.3 is 5.73 Å². The number of likely N-dealkylation sites (N-methyl/N-ethyl adjacent to an activating group) is 1. The van der Waals surface area contributed by atoms with Gasteiger partial charge in [0.05, 0.1) is 0 Å². The quantitative estimate of drug-likeness (QED) is 0.825. The molecule has 2 N–H and O–H groups in total. The van der Waals surface area contributed by atoms with E-state index in [-0.39, 0.29) is 9.87 Å². The molecule has 22 heavy (non-hydrogen) atoms. The van der Waals surface area contributed by atoms with Crippen molar-refractivity contribution in [3.63, 3.8) is 0 Å². The molecular weight excluding hydrogens is 328 g/mol. The van der Waals surface area contributed by atoms with E-state index in [0.29, 0.717) is 6.92 Å². The predicted octanol–water partition coefficient (Wildman–Crippen LogP) is 1.56. The van der Waals surface area contributed by atoms with E-state index in [4.69, 9.17) is 5.73 Å². The molecule has 0 heterocycles. The SMILES string of the molecule is C[C@@H](C(F)(F)F)S(=O)(=O)N(C)[C@@H](C(N)=O)c1cccc(F)c1. The summed E-state index contributed by atoms with van der Waals surface area (Å²) in [4.78, 5) is 11.5. The molecule has 1 aromatic rings. The Balaban J connectivity index is 3.31. The van der Waals surface area contributed by atoms with Gasteiger partial charge in [0.2, 0.25) is 15.9 Å². The monoisotopic (exact) mass is 342 g/mol. The van der Waals surface area contributed by atoms with Gasteiger partial charge >= 0.3 is 6.18 Å². The highest BCUT2D eigenvalue weighted by molar-refractivity contribution is 7.89. The predicted molar refractivity (Wildman–Crippen MR) is 70.5 cm³/mol. The summed E-state index contributed by atoms with van der Waals surface area (Å²) in [6.07, 6.45) is -5.02. The Hall–Kier alpha value is -1.68. The van der Waals surface area contributed by atoms with E-state index in [0.717, 1.165) is 19.2 Å². The standard InChI is InChI=1S/C12H14F4N2O3S/c1-7(12(14,15)16)22(20,21)18(2)10(11(17)19)8-4-3-5-9(13)6-8/h3-7,10H,1-2H3,(H2,17,19)/t7-,10+/m0/s1. The zero-order chi connectivity index (χ0) is 17.3. The third kappa shape index (κ3) is 3.74. The molecule has 5 nitrogen and oxygen atoms in total. The van der Waals surface area contributed by atoms with Crippen molar-refractivity contribution in [2.45, 2.75) is 24.4 Å². The van der Waals surface area contributed by atoms with Gasteiger partial charge in [0.25, 0.3) is 0 Å². The molecule has 0 aromatic heterocycles. The van der Waals surface area contributed by atoms with Crippen LogP contribution in [0.25, 0.3) is 0 Å². The van der Waals surface area contributed by atoms with Crippen LogP contribution in [0.3, 0.4) is 0 Å². The summed E-state index contributed by atoms with van der Waals surface area (Å²) in [7, 11) is -4.13. The number of amides is 1. The second kappa shape index (κ2) is 6.21. The first-order valence-corrected chi connectivity index (χ1v) is 7.47. The third-order valence-corrected chi connectivity index (χ3v) is 5.28. The number of carbonyl (C=O) groups excluding carboxylic acids is 1. The molecule has 1 aromatic carbocycles. The van der Waals surface area contributed by atoms with Gasteiger partial charge in [0.1, 0.15) is 11.9 Å². The van der Waals surface area contributed by atoms with Crippen LogP contribution in [0.5, 0.6) is 0 Å². The minimum Gasteiger partial charge on any atom is -0.368 e. The minimum atomic E-state index is -5.02. The molecule has 0 aliphatic heterocycles. The van der Waals surface area contributed by atoms with Gasteiger partial charge in [-0.15, -0.1) is 0 Å². The van der Waals surface area contributed by atoms with Gasteiger partial charge in [-0.2, -0.15) is 17.5 Å². The number of hydrogen-bond acceptors (Lipinski definition) is 3. The molecule has 0 radical (unpaired) electrons. The van der Waals surface area contributed by atoms with Crippen molar-refractivity contribution in [1.82, 2.24) is 4.31 Å². The number of primary amides is 1. The molecule has 0 saturated heterocycles. The number of sulfonamides is 1. The van der Waals surface area contributed by atoms with E-state index in [1.807, 2.05) is 0 Å². The summed E-state index contributed by atoms with van der Waals surface area (Å²) in [5, 5.41) is -2.74. The molecule has 0 saturated carbocycles. The van der Waals surface area contributed by atoms with E-state index in [9.17, 15) is 30.8 Å². The lowest BCUT2D eigenvalue weighted by molar-refractivity contribution is -0.129. The topological polar surface area (TPSA) is 80.5 Å². The summed E-state index contributed by atoms with van der Waals surface area (Å²) in [5.41, 5.74) is 4.92. The van der Waals surface area contributed by atoms with Gasteiger partial charge in [-0.25, -0.2) is 12.8 Å². The number of alkyl halides is 3. The lowest BCUT2D eigenvalue weighted by Crippen LogP contribution is -2.47. The number of carbonyl (C=O) groups is 1. The van der Waals surface area contributed by atoms with Crippen LogP contribution in [-0.4, -0.2) is 37.1 Å². The fourth-order valence-electron chi connectivity index (χ4n) is 1.80. The molecule has 0 bridgehead atoms. The van der Waals surface area contributed by atoms with Crippen molar-refractivity contribution in [1.29, 1.82) is 0 Å². The molecule has 0 spiro atoms. The lowest BCUT2D eigenvalue weighted by atomic mass is 10.1. The van der Waals surface area contributed by atoms with Crippen LogP contribution in [0, 0.1) is 5.82 Å². The molecule has 1 rings (SSSR count). The van der Waals surface area contributed by atoms with E-state index in [1.165, 1.54) is 12.1 Å². The molecule has 0 fully saturated rings. The van der Waals surface area contributed by atoms with Crippen LogP contribution in [-0.2, 0) is 14.8 Å². The fraction of sp³-hybridized carbons (Fsp3) is 0.417. The highest BCUT2D eigenvalue weighted by atomic mass is 32.2. The van der Waals surface area contributed by atoms with Gasteiger partial charge in [0.15, 0.2) is 5.25 Å². The number of nitrogens with two attached hydrogens (primary N) is 1. The second-order valence-electron chi connectivity index (χ2n) is 4.60. The first-order chi connectivity index (χ1) is 9.89. The van der Waals surface area contributed by atoms with Gasteiger partial charge in [-0.1, -0.05) is 12.1 Å². The minimum absolute atomic E-state index is 0.159. The van der Waals surface area contributed by atoms with Gasteiger partial charge in [-0.3, -0.25) is 4.79 Å². The molecule has 0 aliphatic carbocycles. The van der Waals surface area contributed by atoms with Crippen molar-refractivity contribution < 1.29 is 30.8 Å². The molecule has 0 unspecified atom stereocenters. The summed E-state index contributed by atoms with van der Waals surface area (Å²) >= 11 is 0. The lowest BCUT2D eigenvalue weighted by Gasteiger charge is -2.29. The first kappa shape index (κ1) is 18.4. The molecule has 10 heteroatoms. The van der Waals surface area contributed by atoms with E-state index in [1.54, 1.807) is 0 Å². The van der Waals surface area contributed by atoms with Crippen molar-refractivity contribution in [2.75, 3.05) is 7.05 Å². The average molecular weight is 342 g/mol. The van der Waals surface area contributed by atoms with Crippen LogP contribution >= 0.6 is 0 Å². The molecule has 1 amide bonds. The smallest absolute Gasteiger partial charge is 0.368 e. The van der Waals surface area contributed by atoms with Crippen LogP contribution < -0.4 is 5.73 Å². The zero-order valence-electron chi connectivity index (χ0n) is 11.6. The van der Waals surface area contributed by atoms with Crippen LogP contribution in [0.15, 0.2) is 24.3 Å². The van der Waals surface area contributed by atoms with Crippen LogP contribution in [0.1, 0.15) is 18.5 Å². The van der Waals surface area contributed by atoms with E-state index < -0.39 is 39.2 Å². The van der Waals surface area contributed by atoms with Crippen molar-refractivity contribution in [3.05, 3.63) is 35.6 Å². The van der Waals surface area contributed by atoms with Crippen LogP contribution in [0.4, 0.5) is 17.6 Å². The summed E-state index contributed by atoms with van der Waals surface area (Å²) in [5.74, 6) is -2.00. The Bertz CT molecular complexity index is 661. The molecular formula is C12H14F4N2O3S. The normalized spacial score (nSPS) is 15.6. The van der Waals surface area contributed by atoms with E-state index >= 15 is 0 Å². The van der Waals surface area contributed by atoms with Crippen molar-refractivity contribution in [3.8, 4) is 0 Å². The molecule has 0 aliphatic rings. The number of nitrogens with zero attached hydrogens (tertiary/aromatic N) is 1. The second-order valence-corrected chi connectivity index (χ2v) is 6.92. The number of rotatable bonds is 5. The number of benzene rings is 1. The Kier molecular flexibility index (Phi) is 5.18. The van der Waals surface area contributed by atoms with Crippen LogP contribution in [0.2, 0.25) is 0 Å². The molecule has 2 atom stereocenters. The largest absolute Gasteiger partial charge is 0.406 e. The highest BCUT2D eigenvalue weighted by Crippen LogP contribution is 2.31. The Morgan fingerprint density at radius 2 is 1.86 bits per heavy atom. The number of hydrogen-bond donors (Lipinski definition) is 1. The van der Waals surface area contributed by atoms with Gasteiger partial charge in [0, 0.05) is 7.05 Å². The maximum Gasteiger partial charge on any atom is 0.406 e. The number of halogens is 4. The Labute approximate surface area is 124 Å². The fourth-order valence-corrected chi connectivity index (χ4v) is 3.15. The summed E-state index contributed by atoms with van der Waals surface area (Å²) < 4.78 is 75.3. The maximum absolute atomic E-state index is 13.2. The summed E-state index contributed by atoms with van der Waals surface area (Å²) in [6, 6.07) is 2.51. The average Bonchev–Trinajstić information content (AvgIpc) is 2.36. The van der Waals surface area contributed by atoms with E-state index in [2.05, 4.69) is 0 Å².